The van der Waals surface area contributed by atoms with E-state index in [1.165, 1.54) is 11.3 Å². The number of benzene rings is 1. The summed E-state index contributed by atoms with van der Waals surface area (Å²) in [5.74, 6) is 1.37. The number of aromatic nitrogens is 3. The summed E-state index contributed by atoms with van der Waals surface area (Å²) in [4.78, 5) is 17.1. The van der Waals surface area contributed by atoms with Gasteiger partial charge in [-0.15, -0.1) is 11.3 Å². The zero-order chi connectivity index (χ0) is 19.0. The van der Waals surface area contributed by atoms with Crippen LogP contribution in [0, 0.1) is 20.8 Å². The van der Waals surface area contributed by atoms with Crippen molar-refractivity contribution >= 4 is 22.4 Å². The fourth-order valence-corrected chi connectivity index (χ4v) is 3.62. The summed E-state index contributed by atoms with van der Waals surface area (Å²) in [7, 11) is 0. The van der Waals surface area contributed by atoms with E-state index in [-0.39, 0.29) is 5.91 Å². The quantitative estimate of drug-likeness (QED) is 0.555. The van der Waals surface area contributed by atoms with Crippen molar-refractivity contribution in [3.05, 3.63) is 70.8 Å². The molecule has 0 fully saturated rings. The van der Waals surface area contributed by atoms with E-state index >= 15 is 0 Å². The van der Waals surface area contributed by atoms with Gasteiger partial charge in [0.05, 0.1) is 11.4 Å². The molecule has 0 aliphatic rings. The largest absolute Gasteiger partial charge is 0.466 e. The average molecular weight is 378 g/mol. The van der Waals surface area contributed by atoms with Crippen molar-refractivity contribution in [2.75, 3.05) is 5.32 Å². The minimum absolute atomic E-state index is 0.284. The molecule has 1 amide bonds. The first-order valence-electron chi connectivity index (χ1n) is 8.47. The number of para-hydroxylation sites is 1. The summed E-state index contributed by atoms with van der Waals surface area (Å²) < 4.78 is 7.30. The molecule has 4 aromatic rings. The van der Waals surface area contributed by atoms with E-state index in [0.717, 1.165) is 34.2 Å². The second-order valence-electron chi connectivity index (χ2n) is 6.24. The molecule has 0 atom stereocenters. The second kappa shape index (κ2) is 6.85. The van der Waals surface area contributed by atoms with E-state index < -0.39 is 0 Å². The summed E-state index contributed by atoms with van der Waals surface area (Å²) >= 11 is 1.37. The molecule has 0 saturated carbocycles. The molecule has 6 nitrogen and oxygen atoms in total. The van der Waals surface area contributed by atoms with Crippen molar-refractivity contribution in [1.82, 2.24) is 14.8 Å². The number of hydrogen-bond acceptors (Lipinski definition) is 5. The van der Waals surface area contributed by atoms with E-state index in [2.05, 4.69) is 15.4 Å². The lowest BCUT2D eigenvalue weighted by molar-refractivity contribution is 0.102. The summed E-state index contributed by atoms with van der Waals surface area (Å²) in [5, 5.41) is 9.69. The fourth-order valence-electron chi connectivity index (χ4n) is 2.92. The topological polar surface area (TPSA) is 73.0 Å². The number of carbonyl (C=O) groups is 1. The van der Waals surface area contributed by atoms with Crippen molar-refractivity contribution in [1.29, 1.82) is 0 Å². The molecule has 27 heavy (non-hydrogen) atoms. The summed E-state index contributed by atoms with van der Waals surface area (Å²) in [6.45, 7) is 5.72. The third-order valence-corrected chi connectivity index (χ3v) is 4.92. The third-order valence-electron chi connectivity index (χ3n) is 4.16. The Hall–Kier alpha value is -3.19. The molecule has 0 spiro atoms. The van der Waals surface area contributed by atoms with Crippen LogP contribution in [0.15, 0.2) is 52.3 Å². The lowest BCUT2D eigenvalue weighted by atomic mass is 10.2. The lowest BCUT2D eigenvalue weighted by Crippen LogP contribution is -2.13. The third kappa shape index (κ3) is 3.41. The predicted octanol–water partition coefficient (Wildman–Crippen LogP) is 4.77. The van der Waals surface area contributed by atoms with E-state index in [9.17, 15) is 4.79 Å². The van der Waals surface area contributed by atoms with Crippen LogP contribution in [0.2, 0.25) is 0 Å². The van der Waals surface area contributed by atoms with Crippen LogP contribution in [-0.4, -0.2) is 20.7 Å². The summed E-state index contributed by atoms with van der Waals surface area (Å²) in [6.07, 6.45) is 0. The Balaban J connectivity index is 1.54. The van der Waals surface area contributed by atoms with Gasteiger partial charge in [0, 0.05) is 16.6 Å². The van der Waals surface area contributed by atoms with E-state index in [0.29, 0.717) is 10.8 Å². The Kier molecular flexibility index (Phi) is 4.37. The van der Waals surface area contributed by atoms with E-state index in [1.807, 2.05) is 62.5 Å². The number of thiazole rings is 1. The maximum Gasteiger partial charge on any atom is 0.277 e. The molecule has 0 aliphatic carbocycles. The minimum Gasteiger partial charge on any atom is -0.466 e. The lowest BCUT2D eigenvalue weighted by Gasteiger charge is -2.02. The number of hydrogen-bond donors (Lipinski definition) is 1. The zero-order valence-corrected chi connectivity index (χ0v) is 16.0. The van der Waals surface area contributed by atoms with Crippen molar-refractivity contribution in [3.8, 4) is 16.9 Å². The highest BCUT2D eigenvalue weighted by atomic mass is 32.1. The van der Waals surface area contributed by atoms with E-state index in [4.69, 9.17) is 4.42 Å². The van der Waals surface area contributed by atoms with Crippen molar-refractivity contribution in [2.24, 2.45) is 0 Å². The summed E-state index contributed by atoms with van der Waals surface area (Å²) in [6, 6.07) is 13.4. The van der Waals surface area contributed by atoms with Crippen LogP contribution in [0.5, 0.6) is 0 Å². The molecule has 1 aromatic carbocycles. The Morgan fingerprint density at radius 3 is 2.63 bits per heavy atom. The standard InChI is InChI=1S/C20H18N4O2S/c1-12-9-17(23-24(12)15-7-5-4-6-8-15)19(25)22-20-21-18(11-27-20)16-10-13(2)26-14(16)3/h4-11H,1-3H3,(H,21,22,25). The molecule has 3 aromatic heterocycles. The maximum absolute atomic E-state index is 12.6. The molecule has 1 N–H and O–H groups in total. The maximum atomic E-state index is 12.6. The predicted molar refractivity (Wildman–Crippen MR) is 106 cm³/mol. The first-order valence-corrected chi connectivity index (χ1v) is 9.35. The van der Waals surface area contributed by atoms with Crippen LogP contribution in [-0.2, 0) is 0 Å². The van der Waals surface area contributed by atoms with Gasteiger partial charge in [-0.25, -0.2) is 9.67 Å². The van der Waals surface area contributed by atoms with Gasteiger partial charge in [0.25, 0.3) is 5.91 Å². The first kappa shape index (κ1) is 17.2. The van der Waals surface area contributed by atoms with Crippen LogP contribution in [0.1, 0.15) is 27.7 Å². The van der Waals surface area contributed by atoms with Crippen LogP contribution in [0.4, 0.5) is 5.13 Å². The summed E-state index contributed by atoms with van der Waals surface area (Å²) in [5.41, 5.74) is 3.87. The number of nitrogens with zero attached hydrogens (tertiary/aromatic N) is 3. The highest BCUT2D eigenvalue weighted by Crippen LogP contribution is 2.29. The molecule has 0 saturated heterocycles. The number of nitrogens with one attached hydrogen (secondary N) is 1. The molecule has 0 unspecified atom stereocenters. The molecular weight excluding hydrogens is 360 g/mol. The molecule has 136 valence electrons. The number of rotatable bonds is 4. The Bertz CT molecular complexity index is 1110. The number of furan rings is 1. The number of anilines is 1. The number of aryl methyl sites for hydroxylation is 3. The van der Waals surface area contributed by atoms with Gasteiger partial charge in [-0.05, 0) is 45.0 Å². The highest BCUT2D eigenvalue weighted by molar-refractivity contribution is 7.14. The van der Waals surface area contributed by atoms with Gasteiger partial charge in [-0.2, -0.15) is 5.10 Å². The van der Waals surface area contributed by atoms with Crippen molar-refractivity contribution in [3.63, 3.8) is 0 Å². The van der Waals surface area contributed by atoms with Crippen LogP contribution >= 0.6 is 11.3 Å². The van der Waals surface area contributed by atoms with Gasteiger partial charge in [0.1, 0.15) is 11.5 Å². The van der Waals surface area contributed by atoms with E-state index in [1.54, 1.807) is 10.7 Å². The van der Waals surface area contributed by atoms with Crippen LogP contribution in [0.25, 0.3) is 16.9 Å². The monoisotopic (exact) mass is 378 g/mol. The molecule has 0 bridgehead atoms. The average Bonchev–Trinajstić information content (AvgIpc) is 3.34. The van der Waals surface area contributed by atoms with Gasteiger partial charge >= 0.3 is 0 Å². The van der Waals surface area contributed by atoms with Crippen molar-refractivity contribution in [2.45, 2.75) is 20.8 Å². The van der Waals surface area contributed by atoms with Gasteiger partial charge in [-0.3, -0.25) is 10.1 Å². The fraction of sp³-hybridized carbons (Fsp3) is 0.150. The zero-order valence-electron chi connectivity index (χ0n) is 15.2. The van der Waals surface area contributed by atoms with Crippen LogP contribution in [0.3, 0.4) is 0 Å². The molecule has 3 heterocycles. The minimum atomic E-state index is -0.284. The number of carbonyl (C=O) groups excluding carboxylic acids is 1. The second-order valence-corrected chi connectivity index (χ2v) is 7.10. The molecule has 7 heteroatoms. The Labute approximate surface area is 160 Å². The van der Waals surface area contributed by atoms with Gasteiger partial charge in [-0.1, -0.05) is 18.2 Å². The normalized spacial score (nSPS) is 10.9. The smallest absolute Gasteiger partial charge is 0.277 e. The Morgan fingerprint density at radius 2 is 1.93 bits per heavy atom. The van der Waals surface area contributed by atoms with Crippen molar-refractivity contribution < 1.29 is 9.21 Å². The molecule has 4 rings (SSSR count). The molecule has 0 aliphatic heterocycles. The van der Waals surface area contributed by atoms with Gasteiger partial charge < -0.3 is 4.42 Å². The van der Waals surface area contributed by atoms with Gasteiger partial charge in [0.2, 0.25) is 0 Å². The highest BCUT2D eigenvalue weighted by Gasteiger charge is 2.16. The van der Waals surface area contributed by atoms with Gasteiger partial charge in [0.15, 0.2) is 10.8 Å². The molecule has 0 radical (unpaired) electrons. The SMILES string of the molecule is Cc1cc(-c2csc(NC(=O)c3cc(C)n(-c4ccccc4)n3)n2)c(C)o1. The molecular formula is C20H18N4O2S. The van der Waals surface area contributed by atoms with Crippen LogP contribution < -0.4 is 5.32 Å². The number of amides is 1. The first-order chi connectivity index (χ1) is 13.0. The Morgan fingerprint density at radius 1 is 1.15 bits per heavy atom.